The number of benzene rings is 1. The lowest BCUT2D eigenvalue weighted by Crippen LogP contribution is -2.49. The van der Waals surface area contributed by atoms with Crippen molar-refractivity contribution < 1.29 is 91.4 Å². The number of aliphatic hydroxyl groups is 1. The van der Waals surface area contributed by atoms with Crippen LogP contribution in [-0.4, -0.2) is 315 Å². The van der Waals surface area contributed by atoms with Gasteiger partial charge in [-0.25, -0.2) is 0 Å². The molecular formula is C57H95N9O19. The maximum absolute atomic E-state index is 12.8. The van der Waals surface area contributed by atoms with Crippen molar-refractivity contribution in [3.63, 3.8) is 0 Å². The minimum atomic E-state index is -0.967. The third kappa shape index (κ3) is 43.2. The monoisotopic (exact) mass is 1210 g/mol. The molecule has 4 N–H and O–H groups in total. The molecule has 0 spiro atoms. The van der Waals surface area contributed by atoms with Crippen LogP contribution in [0.5, 0.6) is 0 Å². The van der Waals surface area contributed by atoms with Crippen molar-refractivity contribution >= 4 is 29.4 Å². The summed E-state index contributed by atoms with van der Waals surface area (Å²) in [5.74, 6) is -1.44. The summed E-state index contributed by atoms with van der Waals surface area (Å²) in [5.41, 5.74) is 1.86. The molecule has 0 atom stereocenters. The fourth-order valence-electron chi connectivity index (χ4n) is 8.20. The number of nitrogens with zero attached hydrogens (tertiary/aromatic N) is 8. The number of aromatic nitrogens is 4. The summed E-state index contributed by atoms with van der Waals surface area (Å²) in [4.78, 5) is 67.9. The molecule has 0 radical (unpaired) electrons. The van der Waals surface area contributed by atoms with Crippen LogP contribution in [0.2, 0.25) is 0 Å². The number of hydrogen-bond acceptors (Lipinski definition) is 25. The largest absolute Gasteiger partial charge is 0.512 e. The van der Waals surface area contributed by atoms with E-state index in [0.29, 0.717) is 248 Å². The van der Waals surface area contributed by atoms with Crippen LogP contribution < -0.4 is 5.32 Å². The van der Waals surface area contributed by atoms with Gasteiger partial charge in [0.15, 0.2) is 6.33 Å². The number of rotatable bonds is 53. The minimum Gasteiger partial charge on any atom is -0.512 e. The van der Waals surface area contributed by atoms with E-state index in [-0.39, 0.29) is 56.0 Å². The normalized spacial score (nSPS) is 14.2. The predicted octanol–water partition coefficient (Wildman–Crippen LogP) is 0.716. The van der Waals surface area contributed by atoms with Crippen LogP contribution in [0.3, 0.4) is 0 Å². The number of Topliss-reactive ketones (excluding diaryl/α,β-unsaturated/α-hetero) is 2. The molecule has 28 heteroatoms. The first-order chi connectivity index (χ1) is 41.5. The number of carboxylic acid groups (broad SMARTS) is 2. The summed E-state index contributed by atoms with van der Waals surface area (Å²) >= 11 is 0. The summed E-state index contributed by atoms with van der Waals surface area (Å²) in [7, 11) is 0. The third-order valence-corrected chi connectivity index (χ3v) is 12.7. The molecule has 2 aromatic rings. The zero-order valence-corrected chi connectivity index (χ0v) is 49.7. The van der Waals surface area contributed by atoms with E-state index in [2.05, 4.69) is 32.3 Å². The molecule has 1 aliphatic heterocycles. The molecule has 28 nitrogen and oxygen atoms in total. The summed E-state index contributed by atoms with van der Waals surface area (Å²) in [5, 5.41) is 46.9. The summed E-state index contributed by atoms with van der Waals surface area (Å²) < 4.78 is 60.9. The van der Waals surface area contributed by atoms with E-state index >= 15 is 0 Å². The second-order valence-corrected chi connectivity index (χ2v) is 19.6. The molecule has 0 bridgehead atoms. The molecule has 0 unspecified atom stereocenters. The van der Waals surface area contributed by atoms with Crippen molar-refractivity contribution in [3.8, 4) is 11.4 Å². The Bertz CT molecular complexity index is 2020. The second-order valence-electron chi connectivity index (χ2n) is 19.6. The quantitative estimate of drug-likeness (QED) is 0.0524. The molecule has 1 fully saturated rings. The average molecular weight is 1210 g/mol. The number of ether oxygens (including phenoxy) is 11. The Kier molecular flexibility index (Phi) is 44.4. The highest BCUT2D eigenvalue weighted by Crippen LogP contribution is 2.16. The Labute approximate surface area is 500 Å². The molecule has 0 aliphatic carbocycles. The van der Waals surface area contributed by atoms with E-state index < -0.39 is 11.9 Å². The minimum absolute atomic E-state index is 0.0254. The van der Waals surface area contributed by atoms with Gasteiger partial charge in [-0.05, 0) is 24.8 Å². The number of aryl methyl sites for hydroxylation is 1. The number of carbonyl (C=O) groups is 5. The second kappa shape index (κ2) is 50.9. The van der Waals surface area contributed by atoms with E-state index in [9.17, 15) is 39.3 Å². The number of hydrogen-bond donors (Lipinski definition) is 4. The van der Waals surface area contributed by atoms with Crippen molar-refractivity contribution in [2.45, 2.75) is 44.9 Å². The Morgan fingerprint density at radius 3 is 1.13 bits per heavy atom. The van der Waals surface area contributed by atoms with Gasteiger partial charge in [0.1, 0.15) is 11.6 Å². The van der Waals surface area contributed by atoms with Gasteiger partial charge in [0.05, 0.1) is 171 Å². The van der Waals surface area contributed by atoms with Gasteiger partial charge in [-0.2, -0.15) is 0 Å². The van der Waals surface area contributed by atoms with Crippen LogP contribution in [0.15, 0.2) is 42.9 Å². The van der Waals surface area contributed by atoms with Crippen LogP contribution in [0.1, 0.15) is 44.1 Å². The topological polar surface area (TPSA) is 324 Å². The molecule has 482 valence electrons. The van der Waals surface area contributed by atoms with E-state index in [1.54, 1.807) is 9.80 Å². The number of amides is 1. The zero-order valence-electron chi connectivity index (χ0n) is 49.7. The Morgan fingerprint density at radius 1 is 0.424 bits per heavy atom. The molecule has 1 saturated heterocycles. The lowest BCUT2D eigenvalue weighted by atomic mass is 10.0. The van der Waals surface area contributed by atoms with Gasteiger partial charge in [0, 0.05) is 96.8 Å². The van der Waals surface area contributed by atoms with Crippen molar-refractivity contribution in [2.75, 3.05) is 230 Å². The lowest BCUT2D eigenvalue weighted by molar-refractivity contribution is -0.139. The highest BCUT2D eigenvalue weighted by atomic mass is 16.6. The first kappa shape index (κ1) is 74.1. The van der Waals surface area contributed by atoms with E-state index in [4.69, 9.17) is 52.1 Å². The van der Waals surface area contributed by atoms with Gasteiger partial charge in [-0.15, -0.1) is 20.4 Å². The van der Waals surface area contributed by atoms with Gasteiger partial charge in [-0.1, -0.05) is 30.8 Å². The fraction of sp³-hybridized carbons (Fsp3) is 0.737. The molecular weight excluding hydrogens is 1110 g/mol. The Balaban J connectivity index is 0.977. The summed E-state index contributed by atoms with van der Waals surface area (Å²) in [6.07, 6.45) is 4.80. The third-order valence-electron chi connectivity index (χ3n) is 12.7. The molecule has 1 aromatic heterocycles. The van der Waals surface area contributed by atoms with Crippen molar-refractivity contribution in [1.82, 2.24) is 45.3 Å². The summed E-state index contributed by atoms with van der Waals surface area (Å²) in [6, 6.07) is 7.67. The van der Waals surface area contributed by atoms with Crippen LogP contribution in [0, 0.1) is 0 Å². The maximum Gasteiger partial charge on any atom is 0.317 e. The van der Waals surface area contributed by atoms with E-state index in [1.807, 2.05) is 34.1 Å². The number of aliphatic carboxylic acids is 2. The Morgan fingerprint density at radius 2 is 0.753 bits per heavy atom. The van der Waals surface area contributed by atoms with Crippen LogP contribution in [0.25, 0.3) is 11.4 Å². The number of carboxylic acids is 2. The first-order valence-electron chi connectivity index (χ1n) is 29.4. The van der Waals surface area contributed by atoms with Gasteiger partial charge in [-0.3, -0.25) is 43.6 Å². The SMILES string of the molecule is C=C(O)CN1CCN(CC(=O)O)CCN(CC(=O)NCCOCCOCCOCCOCCOCCOCCOCCOCCOCCOCCOCCCC(=O)CCCC(=O)CCc2ccc(-c3nncnn3)cc2)CCN(CC(=O)O)CC1. The van der Waals surface area contributed by atoms with Crippen molar-refractivity contribution in [3.05, 3.63) is 48.5 Å². The predicted molar refractivity (Wildman–Crippen MR) is 309 cm³/mol. The molecule has 1 amide bonds. The molecule has 3 rings (SSSR count). The van der Waals surface area contributed by atoms with Gasteiger partial charge < -0.3 is 72.7 Å². The molecule has 85 heavy (non-hydrogen) atoms. The van der Waals surface area contributed by atoms with Gasteiger partial charge >= 0.3 is 11.9 Å². The number of carbonyl (C=O) groups excluding carboxylic acids is 3. The molecule has 0 saturated carbocycles. The highest BCUT2D eigenvalue weighted by molar-refractivity contribution is 5.81. The van der Waals surface area contributed by atoms with Gasteiger partial charge in [0.2, 0.25) is 11.7 Å². The van der Waals surface area contributed by atoms with E-state index in [1.165, 1.54) is 6.33 Å². The van der Waals surface area contributed by atoms with Crippen LogP contribution >= 0.6 is 0 Å². The van der Waals surface area contributed by atoms with Gasteiger partial charge in [0.25, 0.3) is 0 Å². The lowest BCUT2D eigenvalue weighted by Gasteiger charge is -2.33. The zero-order chi connectivity index (χ0) is 61.1. The number of ketones is 2. The maximum atomic E-state index is 12.8. The van der Waals surface area contributed by atoms with Crippen LogP contribution in [0.4, 0.5) is 0 Å². The molecule has 1 aromatic carbocycles. The molecule has 2 heterocycles. The smallest absolute Gasteiger partial charge is 0.317 e. The Hall–Kier alpha value is -5.15. The van der Waals surface area contributed by atoms with Crippen molar-refractivity contribution in [2.24, 2.45) is 0 Å². The fourth-order valence-corrected chi connectivity index (χ4v) is 8.20. The van der Waals surface area contributed by atoms with Crippen LogP contribution in [-0.2, 0) is 82.5 Å². The highest BCUT2D eigenvalue weighted by Gasteiger charge is 2.21. The van der Waals surface area contributed by atoms with E-state index in [0.717, 1.165) is 11.1 Å². The number of aliphatic hydroxyl groups excluding tert-OH is 1. The molecule has 1 aliphatic rings. The first-order valence-corrected chi connectivity index (χ1v) is 29.4. The summed E-state index contributed by atoms with van der Waals surface area (Å²) in [6.45, 7) is 16.4. The standard InChI is InChI=1S/C57H95N9O19/c1-49(67)44-63-14-18-65(46-55(71)72)20-16-64(17-21-66(19-15-63)47-56(73)74)45-54(70)58-13-23-76-25-27-78-29-31-80-33-35-82-37-39-84-41-43-85-42-40-83-38-36-81-34-32-79-30-28-77-26-24-75-22-3-6-52(68)4-2-5-53(69)12-9-50-7-10-51(11-8-50)57-61-59-48-60-62-57/h7-8,10-11,48,67H,1-6,9,12-47H2,(H,58,70)(H,71,72)(H,73,74). The number of nitrogens with one attached hydrogen (secondary N) is 1. The average Bonchev–Trinajstić information content (AvgIpc) is 3.53. The van der Waals surface area contributed by atoms with Crippen molar-refractivity contribution in [1.29, 1.82) is 0 Å².